The van der Waals surface area contributed by atoms with Gasteiger partial charge in [-0.3, -0.25) is 4.79 Å². The monoisotopic (exact) mass is 393 g/mol. The number of quaternary nitrogens is 2. The molecule has 0 amide bonds. The van der Waals surface area contributed by atoms with Gasteiger partial charge in [-0.1, -0.05) is 30.3 Å². The van der Waals surface area contributed by atoms with Gasteiger partial charge in [0.2, 0.25) is 0 Å². The average Bonchev–Trinajstić information content (AvgIpc) is 2.76. The summed E-state index contributed by atoms with van der Waals surface area (Å²) >= 11 is 0. The van der Waals surface area contributed by atoms with E-state index in [1.54, 1.807) is 4.90 Å². The van der Waals surface area contributed by atoms with Crippen molar-refractivity contribution >= 4 is 10.9 Å². The Labute approximate surface area is 171 Å². The quantitative estimate of drug-likeness (QED) is 0.578. The van der Waals surface area contributed by atoms with E-state index in [4.69, 9.17) is 4.74 Å². The summed E-state index contributed by atoms with van der Waals surface area (Å²) in [6, 6.07) is 15.8. The number of pyridine rings is 1. The molecule has 2 heterocycles. The van der Waals surface area contributed by atoms with Gasteiger partial charge in [-0.25, -0.2) is 0 Å². The van der Waals surface area contributed by atoms with Crippen LogP contribution in [-0.4, -0.2) is 37.7 Å². The van der Waals surface area contributed by atoms with E-state index < -0.39 is 0 Å². The first kappa shape index (κ1) is 19.7. The number of H-pyrrole nitrogens is 1. The molecule has 2 aromatic carbocycles. The van der Waals surface area contributed by atoms with Crippen molar-refractivity contribution in [3.8, 4) is 5.75 Å². The van der Waals surface area contributed by atoms with Crippen molar-refractivity contribution in [2.75, 3.05) is 32.7 Å². The molecule has 1 saturated heterocycles. The van der Waals surface area contributed by atoms with Crippen LogP contribution in [0.25, 0.3) is 10.9 Å². The molecule has 0 aliphatic carbocycles. The first-order chi connectivity index (χ1) is 14.1. The van der Waals surface area contributed by atoms with Gasteiger partial charge in [-0.05, 0) is 37.6 Å². The van der Waals surface area contributed by atoms with E-state index in [0.717, 1.165) is 47.7 Å². The second-order valence-corrected chi connectivity index (χ2v) is 8.07. The molecule has 5 heteroatoms. The maximum Gasteiger partial charge on any atom is 0.198 e. The summed E-state index contributed by atoms with van der Waals surface area (Å²) in [5, 5.41) is 0.716. The number of aryl methyl sites for hydroxylation is 1. The van der Waals surface area contributed by atoms with E-state index in [0.29, 0.717) is 12.0 Å². The standard InChI is InChI=1S/C24H29N3O2/c1-3-26-11-13-27(14-12-26)16-22-18(2)25-23-10-9-20(15-21(23)24(22)28)29-17-19-7-5-4-6-8-19/h4-10,15H,3,11-14,16-17H2,1-2H3,(H,25,28)/p+2. The maximum absolute atomic E-state index is 13.3. The van der Waals surface area contributed by atoms with Gasteiger partial charge < -0.3 is 19.5 Å². The fraction of sp³-hybridized carbons (Fsp3) is 0.375. The molecule has 0 bridgehead atoms. The zero-order valence-corrected chi connectivity index (χ0v) is 17.4. The summed E-state index contributed by atoms with van der Waals surface area (Å²) in [7, 11) is 0. The summed E-state index contributed by atoms with van der Waals surface area (Å²) in [5.74, 6) is 0.731. The van der Waals surface area contributed by atoms with Gasteiger partial charge in [0.1, 0.15) is 45.1 Å². The molecule has 152 valence electrons. The number of benzene rings is 2. The summed E-state index contributed by atoms with van der Waals surface area (Å²) in [6.45, 7) is 11.4. The highest BCUT2D eigenvalue weighted by atomic mass is 16.5. The van der Waals surface area contributed by atoms with Crippen LogP contribution in [0.3, 0.4) is 0 Å². The van der Waals surface area contributed by atoms with Crippen molar-refractivity contribution in [2.45, 2.75) is 27.0 Å². The van der Waals surface area contributed by atoms with Crippen LogP contribution in [0.5, 0.6) is 5.75 Å². The minimum Gasteiger partial charge on any atom is -0.489 e. The Morgan fingerprint density at radius 2 is 1.72 bits per heavy atom. The van der Waals surface area contributed by atoms with Crippen LogP contribution in [0, 0.1) is 6.92 Å². The molecule has 5 nitrogen and oxygen atoms in total. The highest BCUT2D eigenvalue weighted by Crippen LogP contribution is 2.19. The Bertz CT molecular complexity index is 1020. The zero-order chi connectivity index (χ0) is 20.2. The van der Waals surface area contributed by atoms with Crippen LogP contribution < -0.4 is 20.0 Å². The number of piperazine rings is 1. The molecule has 1 aliphatic rings. The number of rotatable bonds is 6. The Balaban J connectivity index is 1.55. The van der Waals surface area contributed by atoms with Gasteiger partial charge in [0, 0.05) is 16.6 Å². The summed E-state index contributed by atoms with van der Waals surface area (Å²) in [4.78, 5) is 19.9. The molecule has 0 saturated carbocycles. The predicted molar refractivity (Wildman–Crippen MR) is 116 cm³/mol. The van der Waals surface area contributed by atoms with E-state index in [1.165, 1.54) is 24.5 Å². The van der Waals surface area contributed by atoms with Crippen molar-refractivity contribution in [3.05, 3.63) is 75.6 Å². The van der Waals surface area contributed by atoms with Crippen LogP contribution in [0.1, 0.15) is 23.7 Å². The predicted octanol–water partition coefficient (Wildman–Crippen LogP) is 0.719. The molecule has 4 rings (SSSR count). The molecule has 0 radical (unpaired) electrons. The van der Waals surface area contributed by atoms with Crippen molar-refractivity contribution in [2.24, 2.45) is 0 Å². The fourth-order valence-electron chi connectivity index (χ4n) is 4.21. The fourth-order valence-corrected chi connectivity index (χ4v) is 4.21. The highest BCUT2D eigenvalue weighted by molar-refractivity contribution is 5.81. The third-order valence-corrected chi connectivity index (χ3v) is 6.12. The van der Waals surface area contributed by atoms with Crippen LogP contribution >= 0.6 is 0 Å². The minimum atomic E-state index is 0.138. The van der Waals surface area contributed by atoms with Crippen LogP contribution in [0.4, 0.5) is 0 Å². The molecular weight excluding hydrogens is 362 g/mol. The third-order valence-electron chi connectivity index (χ3n) is 6.12. The number of nitrogens with one attached hydrogen (secondary N) is 3. The van der Waals surface area contributed by atoms with E-state index in [9.17, 15) is 4.79 Å². The van der Waals surface area contributed by atoms with Gasteiger partial charge in [0.15, 0.2) is 5.43 Å². The molecule has 1 fully saturated rings. The largest absolute Gasteiger partial charge is 0.489 e. The smallest absolute Gasteiger partial charge is 0.198 e. The number of ether oxygens (including phenoxy) is 1. The van der Waals surface area contributed by atoms with Crippen molar-refractivity contribution in [1.29, 1.82) is 0 Å². The molecule has 1 aliphatic heterocycles. The summed E-state index contributed by atoms with van der Waals surface area (Å²) in [5.41, 5.74) is 4.02. The van der Waals surface area contributed by atoms with Crippen LogP contribution in [0.2, 0.25) is 0 Å². The summed E-state index contributed by atoms with van der Waals surface area (Å²) < 4.78 is 5.94. The normalized spacial score (nSPS) is 19.4. The lowest BCUT2D eigenvalue weighted by Gasteiger charge is -2.29. The lowest BCUT2D eigenvalue weighted by atomic mass is 10.1. The number of hydrogen-bond donors (Lipinski definition) is 3. The van der Waals surface area contributed by atoms with E-state index in [2.05, 4.69) is 11.9 Å². The second-order valence-electron chi connectivity index (χ2n) is 8.07. The van der Waals surface area contributed by atoms with Gasteiger partial charge in [0.25, 0.3) is 0 Å². The van der Waals surface area contributed by atoms with E-state index >= 15 is 0 Å². The second kappa shape index (κ2) is 8.80. The third kappa shape index (κ3) is 4.52. The summed E-state index contributed by atoms with van der Waals surface area (Å²) in [6.07, 6.45) is 0. The molecule has 0 spiro atoms. The van der Waals surface area contributed by atoms with E-state index in [-0.39, 0.29) is 5.43 Å². The highest BCUT2D eigenvalue weighted by Gasteiger charge is 2.23. The Morgan fingerprint density at radius 3 is 2.45 bits per heavy atom. The minimum absolute atomic E-state index is 0.138. The van der Waals surface area contributed by atoms with Crippen LogP contribution in [0.15, 0.2) is 53.3 Å². The van der Waals surface area contributed by atoms with Crippen molar-refractivity contribution in [1.82, 2.24) is 4.98 Å². The average molecular weight is 394 g/mol. The zero-order valence-electron chi connectivity index (χ0n) is 17.4. The molecule has 29 heavy (non-hydrogen) atoms. The van der Waals surface area contributed by atoms with Crippen molar-refractivity contribution < 1.29 is 14.5 Å². The molecule has 0 atom stereocenters. The lowest BCUT2D eigenvalue weighted by molar-refractivity contribution is -1.02. The molecule has 1 aromatic heterocycles. The first-order valence-corrected chi connectivity index (χ1v) is 10.6. The molecular formula is C24H31N3O2+2. The number of likely N-dealkylation sites (N-methyl/N-ethyl adjacent to an activating group) is 1. The van der Waals surface area contributed by atoms with Gasteiger partial charge >= 0.3 is 0 Å². The van der Waals surface area contributed by atoms with Crippen molar-refractivity contribution in [3.63, 3.8) is 0 Å². The Morgan fingerprint density at radius 1 is 1.00 bits per heavy atom. The number of aromatic nitrogens is 1. The lowest BCUT2D eigenvalue weighted by Crippen LogP contribution is -3.27. The number of aromatic amines is 1. The number of fused-ring (bicyclic) bond motifs is 1. The first-order valence-electron chi connectivity index (χ1n) is 10.6. The number of hydrogen-bond acceptors (Lipinski definition) is 2. The SMILES string of the molecule is CC[NH+]1CC[NH+](Cc2c(C)[nH]c3ccc(OCc4ccccc4)cc3c2=O)CC1. The van der Waals surface area contributed by atoms with Gasteiger partial charge in [-0.15, -0.1) is 0 Å². The van der Waals surface area contributed by atoms with Gasteiger partial charge in [0.05, 0.1) is 12.1 Å². The molecule has 3 N–H and O–H groups in total. The maximum atomic E-state index is 13.3. The van der Waals surface area contributed by atoms with Crippen LogP contribution in [-0.2, 0) is 13.2 Å². The molecule has 0 unspecified atom stereocenters. The topological polar surface area (TPSA) is 51.0 Å². The molecule has 3 aromatic rings. The van der Waals surface area contributed by atoms with E-state index in [1.807, 2.05) is 55.5 Å². The Hall–Kier alpha value is -2.63. The Kier molecular flexibility index (Phi) is 5.97. The van der Waals surface area contributed by atoms with Gasteiger partial charge in [-0.2, -0.15) is 0 Å².